The zero-order chi connectivity index (χ0) is 15.8. The second-order valence-corrected chi connectivity index (χ2v) is 5.13. The number of rotatable bonds is 6. The first kappa shape index (κ1) is 19.2. The number of nitrogens with one attached hydrogen (secondary N) is 4. The van der Waals surface area contributed by atoms with Crippen molar-refractivity contribution in [2.75, 3.05) is 37.4 Å². The van der Waals surface area contributed by atoms with E-state index < -0.39 is 0 Å². The SMILES string of the molecule is CNCC(=O)Nc1ccc(NC(=O)NCC2CCCO2)cc1.Cl. The number of anilines is 2. The van der Waals surface area contributed by atoms with Gasteiger partial charge in [-0.05, 0) is 44.2 Å². The fraction of sp³-hybridized carbons (Fsp3) is 0.467. The van der Waals surface area contributed by atoms with E-state index in [4.69, 9.17) is 4.74 Å². The van der Waals surface area contributed by atoms with E-state index in [2.05, 4.69) is 21.3 Å². The Morgan fingerprint density at radius 2 is 1.83 bits per heavy atom. The van der Waals surface area contributed by atoms with Crippen LogP contribution < -0.4 is 21.3 Å². The molecule has 1 fully saturated rings. The van der Waals surface area contributed by atoms with Gasteiger partial charge in [0.25, 0.3) is 0 Å². The van der Waals surface area contributed by atoms with Crippen molar-refractivity contribution in [2.45, 2.75) is 18.9 Å². The van der Waals surface area contributed by atoms with Crippen LogP contribution in [0.1, 0.15) is 12.8 Å². The fourth-order valence-electron chi connectivity index (χ4n) is 2.19. The summed E-state index contributed by atoms with van der Waals surface area (Å²) in [6.45, 7) is 1.55. The van der Waals surface area contributed by atoms with E-state index in [0.29, 0.717) is 17.9 Å². The first-order valence-corrected chi connectivity index (χ1v) is 7.38. The molecular weight excluding hydrogens is 320 g/mol. The molecule has 1 saturated heterocycles. The Labute approximate surface area is 141 Å². The van der Waals surface area contributed by atoms with E-state index in [1.54, 1.807) is 31.3 Å². The minimum atomic E-state index is -0.262. The van der Waals surface area contributed by atoms with Crippen molar-refractivity contribution in [1.82, 2.24) is 10.6 Å². The van der Waals surface area contributed by atoms with Gasteiger partial charge in [0.05, 0.1) is 12.6 Å². The second-order valence-electron chi connectivity index (χ2n) is 5.13. The number of carbonyl (C=O) groups is 2. The molecule has 1 aliphatic heterocycles. The van der Waals surface area contributed by atoms with E-state index in [1.807, 2.05) is 0 Å². The third-order valence-corrected chi connectivity index (χ3v) is 3.28. The molecular formula is C15H23ClN4O3. The summed E-state index contributed by atoms with van der Waals surface area (Å²) in [4.78, 5) is 23.2. The van der Waals surface area contributed by atoms with Crippen molar-refractivity contribution in [3.8, 4) is 0 Å². The molecule has 1 aliphatic rings. The molecule has 0 aliphatic carbocycles. The van der Waals surface area contributed by atoms with Crippen LogP contribution in [-0.2, 0) is 9.53 Å². The van der Waals surface area contributed by atoms with E-state index in [-0.39, 0.29) is 37.0 Å². The molecule has 4 N–H and O–H groups in total. The largest absolute Gasteiger partial charge is 0.376 e. The number of hydrogen-bond donors (Lipinski definition) is 4. The molecule has 3 amide bonds. The van der Waals surface area contributed by atoms with Crippen molar-refractivity contribution in [3.05, 3.63) is 24.3 Å². The van der Waals surface area contributed by atoms with E-state index >= 15 is 0 Å². The molecule has 1 aromatic rings. The normalized spacial score (nSPS) is 16.3. The van der Waals surface area contributed by atoms with E-state index in [9.17, 15) is 9.59 Å². The lowest BCUT2D eigenvalue weighted by Crippen LogP contribution is -2.35. The zero-order valence-corrected chi connectivity index (χ0v) is 13.9. The lowest BCUT2D eigenvalue weighted by Gasteiger charge is -2.12. The number of amides is 3. The van der Waals surface area contributed by atoms with Crippen LogP contribution in [0.5, 0.6) is 0 Å². The summed E-state index contributed by atoms with van der Waals surface area (Å²) in [5.74, 6) is -0.113. The molecule has 0 radical (unpaired) electrons. The Balaban J connectivity index is 0.00000264. The van der Waals surface area contributed by atoms with Gasteiger partial charge in [-0.2, -0.15) is 0 Å². The quantitative estimate of drug-likeness (QED) is 0.631. The van der Waals surface area contributed by atoms with Crippen molar-refractivity contribution in [2.24, 2.45) is 0 Å². The third kappa shape index (κ3) is 6.85. The number of halogens is 1. The second kappa shape index (κ2) is 10.0. The standard InChI is InChI=1S/C15H22N4O3.ClH/c1-16-10-14(20)18-11-4-6-12(7-5-11)19-15(21)17-9-13-3-2-8-22-13;/h4-7,13,16H,2-3,8-10H2,1H3,(H,18,20)(H2,17,19,21);1H. The highest BCUT2D eigenvalue weighted by molar-refractivity contribution is 5.93. The number of likely N-dealkylation sites (N-methyl/N-ethyl adjacent to an activating group) is 1. The maximum atomic E-state index is 11.8. The predicted molar refractivity (Wildman–Crippen MR) is 92.2 cm³/mol. The van der Waals surface area contributed by atoms with Crippen LogP contribution >= 0.6 is 12.4 Å². The summed E-state index contributed by atoms with van der Waals surface area (Å²) in [7, 11) is 1.71. The zero-order valence-electron chi connectivity index (χ0n) is 13.1. The van der Waals surface area contributed by atoms with Gasteiger partial charge in [-0.3, -0.25) is 4.79 Å². The number of benzene rings is 1. The summed E-state index contributed by atoms with van der Waals surface area (Å²) in [6, 6.07) is 6.69. The molecule has 0 saturated carbocycles. The summed E-state index contributed by atoms with van der Waals surface area (Å²) >= 11 is 0. The van der Waals surface area contributed by atoms with Gasteiger partial charge in [0.2, 0.25) is 5.91 Å². The van der Waals surface area contributed by atoms with Crippen LogP contribution in [0.4, 0.5) is 16.2 Å². The topological polar surface area (TPSA) is 91.5 Å². The van der Waals surface area contributed by atoms with Crippen LogP contribution in [0.2, 0.25) is 0 Å². The Morgan fingerprint density at radius 3 is 2.39 bits per heavy atom. The lowest BCUT2D eigenvalue weighted by molar-refractivity contribution is -0.115. The third-order valence-electron chi connectivity index (χ3n) is 3.28. The molecule has 1 atom stereocenters. The predicted octanol–water partition coefficient (Wildman–Crippen LogP) is 1.57. The van der Waals surface area contributed by atoms with Crippen molar-refractivity contribution in [1.29, 1.82) is 0 Å². The van der Waals surface area contributed by atoms with Gasteiger partial charge in [-0.25, -0.2) is 4.79 Å². The van der Waals surface area contributed by atoms with Gasteiger partial charge >= 0.3 is 6.03 Å². The number of urea groups is 1. The van der Waals surface area contributed by atoms with Crippen molar-refractivity contribution >= 4 is 35.7 Å². The molecule has 1 unspecified atom stereocenters. The van der Waals surface area contributed by atoms with Gasteiger partial charge in [-0.15, -0.1) is 12.4 Å². The van der Waals surface area contributed by atoms with Crippen molar-refractivity contribution in [3.63, 3.8) is 0 Å². The minimum Gasteiger partial charge on any atom is -0.376 e. The van der Waals surface area contributed by atoms with E-state index in [1.165, 1.54) is 0 Å². The first-order chi connectivity index (χ1) is 10.7. The summed E-state index contributed by atoms with van der Waals surface area (Å²) < 4.78 is 5.44. The highest BCUT2D eigenvalue weighted by atomic mass is 35.5. The maximum Gasteiger partial charge on any atom is 0.319 e. The van der Waals surface area contributed by atoms with Crippen LogP contribution in [0.15, 0.2) is 24.3 Å². The highest BCUT2D eigenvalue weighted by Crippen LogP contribution is 2.14. The number of hydrogen-bond acceptors (Lipinski definition) is 4. The van der Waals surface area contributed by atoms with Gasteiger partial charge < -0.3 is 26.0 Å². The van der Waals surface area contributed by atoms with Crippen LogP contribution in [0.25, 0.3) is 0 Å². The van der Waals surface area contributed by atoms with Gasteiger partial charge in [0.15, 0.2) is 0 Å². The Hall–Kier alpha value is -1.83. The Kier molecular flexibility index (Phi) is 8.39. The molecule has 1 heterocycles. The maximum absolute atomic E-state index is 11.8. The summed E-state index contributed by atoms with van der Waals surface area (Å²) in [5.41, 5.74) is 1.35. The lowest BCUT2D eigenvalue weighted by atomic mass is 10.2. The number of ether oxygens (including phenoxy) is 1. The molecule has 0 spiro atoms. The smallest absolute Gasteiger partial charge is 0.319 e. The first-order valence-electron chi connectivity index (χ1n) is 7.38. The molecule has 128 valence electrons. The fourth-order valence-corrected chi connectivity index (χ4v) is 2.19. The van der Waals surface area contributed by atoms with Crippen LogP contribution in [0, 0.1) is 0 Å². The number of carbonyl (C=O) groups excluding carboxylic acids is 2. The molecule has 0 bridgehead atoms. The van der Waals surface area contributed by atoms with Gasteiger partial charge in [0.1, 0.15) is 0 Å². The highest BCUT2D eigenvalue weighted by Gasteiger charge is 2.16. The summed E-state index contributed by atoms with van der Waals surface area (Å²) in [5, 5.41) is 11.0. The van der Waals surface area contributed by atoms with Gasteiger partial charge in [0, 0.05) is 24.5 Å². The Bertz CT molecular complexity index is 504. The molecule has 8 heteroatoms. The average molecular weight is 343 g/mol. The van der Waals surface area contributed by atoms with Crippen molar-refractivity contribution < 1.29 is 14.3 Å². The van der Waals surface area contributed by atoms with Crippen LogP contribution in [0.3, 0.4) is 0 Å². The molecule has 1 aromatic carbocycles. The Morgan fingerprint density at radius 1 is 1.17 bits per heavy atom. The van der Waals surface area contributed by atoms with Gasteiger partial charge in [-0.1, -0.05) is 0 Å². The van der Waals surface area contributed by atoms with E-state index in [0.717, 1.165) is 19.4 Å². The average Bonchev–Trinajstić information content (AvgIpc) is 3.01. The molecule has 2 rings (SSSR count). The molecule has 0 aromatic heterocycles. The molecule has 7 nitrogen and oxygen atoms in total. The monoisotopic (exact) mass is 342 g/mol. The van der Waals surface area contributed by atoms with Crippen LogP contribution in [-0.4, -0.2) is 44.8 Å². The minimum absolute atomic E-state index is 0. The molecule has 23 heavy (non-hydrogen) atoms. The summed E-state index contributed by atoms with van der Waals surface area (Å²) in [6.07, 6.45) is 2.16.